The zero-order valence-corrected chi connectivity index (χ0v) is 15.8. The van der Waals surface area contributed by atoms with Crippen LogP contribution in [0.2, 0.25) is 5.02 Å². The number of hydrogen-bond donors (Lipinski definition) is 1. The van der Waals surface area contributed by atoms with Gasteiger partial charge in [-0.2, -0.15) is 18.3 Å². The lowest BCUT2D eigenvalue weighted by Crippen LogP contribution is -2.09. The second-order valence-corrected chi connectivity index (χ2v) is 8.38. The van der Waals surface area contributed by atoms with E-state index < -0.39 is 32.4 Å². The van der Waals surface area contributed by atoms with Gasteiger partial charge < -0.3 is 0 Å². The highest BCUT2D eigenvalue weighted by atomic mass is 35.5. The zero-order valence-electron chi connectivity index (χ0n) is 13.4. The first-order valence-corrected chi connectivity index (χ1v) is 9.82. The standard InChI is InChI=1S/C16H11ClF3N3O2S2/c17-14-6-1-10(7-13(14)16(18,19)20)8-27(24,25)12-4-2-11(3-5-12)23-9-21-22-15(23)26/h1-7,9H,8H2,(H,22,26). The Morgan fingerprint density at radius 3 is 2.37 bits per heavy atom. The molecule has 0 atom stereocenters. The van der Waals surface area contributed by atoms with E-state index in [1.165, 1.54) is 36.7 Å². The van der Waals surface area contributed by atoms with Crippen LogP contribution in [-0.2, 0) is 21.8 Å². The van der Waals surface area contributed by atoms with E-state index in [0.717, 1.165) is 12.1 Å². The lowest BCUT2D eigenvalue weighted by atomic mass is 10.1. The summed E-state index contributed by atoms with van der Waals surface area (Å²) in [4.78, 5) is -0.0234. The molecule has 0 unspecified atom stereocenters. The van der Waals surface area contributed by atoms with E-state index in [2.05, 4.69) is 10.2 Å². The summed E-state index contributed by atoms with van der Waals surface area (Å²) in [7, 11) is -3.85. The highest BCUT2D eigenvalue weighted by Crippen LogP contribution is 2.35. The summed E-state index contributed by atoms with van der Waals surface area (Å²) in [6.45, 7) is 0. The van der Waals surface area contributed by atoms with Crippen molar-refractivity contribution in [1.82, 2.24) is 14.8 Å². The van der Waals surface area contributed by atoms with Crippen molar-refractivity contribution < 1.29 is 21.6 Å². The van der Waals surface area contributed by atoms with Gasteiger partial charge in [0, 0.05) is 5.69 Å². The van der Waals surface area contributed by atoms with E-state index in [1.54, 1.807) is 4.57 Å². The molecule has 1 heterocycles. The summed E-state index contributed by atoms with van der Waals surface area (Å²) < 4.78 is 65.8. The molecule has 11 heteroatoms. The van der Waals surface area contributed by atoms with E-state index in [0.29, 0.717) is 10.5 Å². The minimum Gasteiger partial charge on any atom is -0.275 e. The van der Waals surface area contributed by atoms with Gasteiger partial charge in [0.05, 0.1) is 21.2 Å². The summed E-state index contributed by atoms with van der Waals surface area (Å²) in [5.74, 6) is -0.586. The molecule has 1 N–H and O–H groups in total. The maximum absolute atomic E-state index is 12.9. The fourth-order valence-corrected chi connectivity index (χ4v) is 4.19. The molecule has 0 saturated carbocycles. The van der Waals surface area contributed by atoms with Crippen LogP contribution in [0, 0.1) is 4.77 Å². The summed E-state index contributed by atoms with van der Waals surface area (Å²) in [6, 6.07) is 8.83. The molecule has 5 nitrogen and oxygen atoms in total. The molecule has 3 aromatic rings. The number of nitrogens with zero attached hydrogens (tertiary/aromatic N) is 2. The Morgan fingerprint density at radius 1 is 1.15 bits per heavy atom. The van der Waals surface area contributed by atoms with Crippen LogP contribution < -0.4 is 0 Å². The van der Waals surface area contributed by atoms with Gasteiger partial charge in [-0.05, 0) is 54.2 Å². The molecule has 0 spiro atoms. The number of benzene rings is 2. The first kappa shape index (κ1) is 19.6. The number of alkyl halides is 3. The molecule has 0 aliphatic carbocycles. The Labute approximate surface area is 162 Å². The Balaban J connectivity index is 1.89. The number of rotatable bonds is 4. The fourth-order valence-electron chi connectivity index (χ4n) is 2.43. The van der Waals surface area contributed by atoms with Gasteiger partial charge in [-0.1, -0.05) is 17.7 Å². The van der Waals surface area contributed by atoms with Crippen molar-refractivity contribution in [2.45, 2.75) is 16.8 Å². The minimum atomic E-state index is -4.66. The topological polar surface area (TPSA) is 67.8 Å². The van der Waals surface area contributed by atoms with Gasteiger partial charge in [-0.25, -0.2) is 8.42 Å². The summed E-state index contributed by atoms with van der Waals surface area (Å²) in [5, 5.41) is 5.86. The Kier molecular flexibility index (Phi) is 5.15. The average molecular weight is 434 g/mol. The monoisotopic (exact) mass is 433 g/mol. The third-order valence-electron chi connectivity index (χ3n) is 3.72. The number of H-pyrrole nitrogens is 1. The molecule has 1 aromatic heterocycles. The maximum Gasteiger partial charge on any atom is 0.417 e. The predicted octanol–water partition coefficient (Wildman–Crippen LogP) is 4.58. The average Bonchev–Trinajstić information content (AvgIpc) is 3.01. The van der Waals surface area contributed by atoms with Crippen LogP contribution in [0.5, 0.6) is 0 Å². The third kappa shape index (κ3) is 4.23. The quantitative estimate of drug-likeness (QED) is 0.612. The molecule has 0 radical (unpaired) electrons. The van der Waals surface area contributed by atoms with Crippen molar-refractivity contribution in [2.24, 2.45) is 0 Å². The van der Waals surface area contributed by atoms with Gasteiger partial charge in [-0.15, -0.1) is 0 Å². The van der Waals surface area contributed by atoms with Crippen LogP contribution in [0.3, 0.4) is 0 Å². The highest BCUT2D eigenvalue weighted by Gasteiger charge is 2.33. The van der Waals surface area contributed by atoms with Crippen LogP contribution in [0.25, 0.3) is 5.69 Å². The van der Waals surface area contributed by atoms with Gasteiger partial charge in [-0.3, -0.25) is 9.67 Å². The molecule has 27 heavy (non-hydrogen) atoms. The molecule has 0 aliphatic heterocycles. The molecule has 3 rings (SSSR count). The highest BCUT2D eigenvalue weighted by molar-refractivity contribution is 7.90. The SMILES string of the molecule is O=S(=O)(Cc1ccc(Cl)c(C(F)(F)F)c1)c1ccc(-n2cn[nH]c2=S)cc1. The van der Waals surface area contributed by atoms with Crippen LogP contribution in [0.15, 0.2) is 53.7 Å². The van der Waals surface area contributed by atoms with Crippen molar-refractivity contribution in [3.05, 3.63) is 69.7 Å². The number of hydrogen-bond acceptors (Lipinski definition) is 4. The Bertz CT molecular complexity index is 1140. The number of sulfone groups is 1. The van der Waals surface area contributed by atoms with Crippen LogP contribution >= 0.6 is 23.8 Å². The number of aromatic nitrogens is 3. The lowest BCUT2D eigenvalue weighted by Gasteiger charge is -2.11. The second kappa shape index (κ2) is 7.10. The summed E-state index contributed by atoms with van der Waals surface area (Å²) in [6.07, 6.45) is -3.22. The zero-order chi connectivity index (χ0) is 19.8. The first-order valence-electron chi connectivity index (χ1n) is 7.39. The largest absolute Gasteiger partial charge is 0.417 e. The predicted molar refractivity (Wildman–Crippen MR) is 96.1 cm³/mol. The molecule has 0 saturated heterocycles. The number of aromatic amines is 1. The molecule has 0 amide bonds. The smallest absolute Gasteiger partial charge is 0.275 e. The van der Waals surface area contributed by atoms with E-state index in [9.17, 15) is 21.6 Å². The number of nitrogens with one attached hydrogen (secondary N) is 1. The van der Waals surface area contributed by atoms with Gasteiger partial charge in [0.2, 0.25) is 0 Å². The first-order chi connectivity index (χ1) is 12.6. The van der Waals surface area contributed by atoms with Crippen molar-refractivity contribution in [1.29, 1.82) is 0 Å². The molecule has 142 valence electrons. The van der Waals surface area contributed by atoms with Gasteiger partial charge in [0.15, 0.2) is 14.6 Å². The molecule has 0 aliphatic rings. The van der Waals surface area contributed by atoms with Gasteiger partial charge in [0.1, 0.15) is 6.33 Å². The molecule has 0 bridgehead atoms. The lowest BCUT2D eigenvalue weighted by molar-refractivity contribution is -0.137. The van der Waals surface area contributed by atoms with Crippen LogP contribution in [-0.4, -0.2) is 23.2 Å². The molecule has 0 fully saturated rings. The Morgan fingerprint density at radius 2 is 1.81 bits per heavy atom. The molecular formula is C16H11ClF3N3O2S2. The van der Waals surface area contributed by atoms with Crippen LogP contribution in [0.4, 0.5) is 13.2 Å². The second-order valence-electron chi connectivity index (χ2n) is 5.60. The Hall–Kier alpha value is -2.17. The van der Waals surface area contributed by atoms with Crippen molar-refractivity contribution in [2.75, 3.05) is 0 Å². The van der Waals surface area contributed by atoms with E-state index >= 15 is 0 Å². The fraction of sp³-hybridized carbons (Fsp3) is 0.125. The van der Waals surface area contributed by atoms with Crippen molar-refractivity contribution in [3.8, 4) is 5.69 Å². The third-order valence-corrected chi connectivity index (χ3v) is 6.04. The van der Waals surface area contributed by atoms with Gasteiger partial charge in [0.25, 0.3) is 0 Å². The summed E-state index contributed by atoms with van der Waals surface area (Å²) >= 11 is 10.6. The van der Waals surface area contributed by atoms with E-state index in [1.807, 2.05) is 0 Å². The maximum atomic E-state index is 12.9. The normalized spacial score (nSPS) is 12.3. The van der Waals surface area contributed by atoms with Crippen molar-refractivity contribution >= 4 is 33.7 Å². The summed E-state index contributed by atoms with van der Waals surface area (Å²) in [5.41, 5.74) is -0.479. The van der Waals surface area contributed by atoms with E-state index in [-0.39, 0.29) is 10.5 Å². The molecule has 2 aromatic carbocycles. The van der Waals surface area contributed by atoms with Crippen molar-refractivity contribution in [3.63, 3.8) is 0 Å². The van der Waals surface area contributed by atoms with E-state index in [4.69, 9.17) is 23.8 Å². The van der Waals surface area contributed by atoms with Gasteiger partial charge >= 0.3 is 6.18 Å². The number of halogens is 4. The molecular weight excluding hydrogens is 423 g/mol. The van der Waals surface area contributed by atoms with Crippen LogP contribution in [0.1, 0.15) is 11.1 Å². The minimum absolute atomic E-state index is 0.00662.